The van der Waals surface area contributed by atoms with Crippen LogP contribution in [-0.4, -0.2) is 56.1 Å². The van der Waals surface area contributed by atoms with Crippen LogP contribution >= 0.6 is 0 Å². The zero-order valence-electron chi connectivity index (χ0n) is 13.5. The van der Waals surface area contributed by atoms with Crippen molar-refractivity contribution in [1.82, 2.24) is 15.1 Å². The lowest BCUT2D eigenvalue weighted by atomic mass is 10.0. The highest BCUT2D eigenvalue weighted by Gasteiger charge is 2.24. The zero-order valence-corrected chi connectivity index (χ0v) is 13.5. The Morgan fingerprint density at radius 1 is 1.33 bits per heavy atom. The van der Waals surface area contributed by atoms with E-state index in [1.54, 1.807) is 12.1 Å². The van der Waals surface area contributed by atoms with Crippen LogP contribution in [0.5, 0.6) is 0 Å². The Morgan fingerprint density at radius 3 is 2.62 bits per heavy atom. The van der Waals surface area contributed by atoms with Gasteiger partial charge < -0.3 is 15.1 Å². The summed E-state index contributed by atoms with van der Waals surface area (Å²) in [5.41, 5.74) is 1.18. The smallest absolute Gasteiger partial charge is 0.123 e. The summed E-state index contributed by atoms with van der Waals surface area (Å²) in [6, 6.07) is 7.90. The summed E-state index contributed by atoms with van der Waals surface area (Å²) >= 11 is 0. The van der Waals surface area contributed by atoms with Crippen molar-refractivity contribution in [2.24, 2.45) is 0 Å². The van der Waals surface area contributed by atoms with Gasteiger partial charge in [0.05, 0.1) is 0 Å². The van der Waals surface area contributed by atoms with E-state index in [0.29, 0.717) is 12.1 Å². The van der Waals surface area contributed by atoms with Crippen LogP contribution in [0, 0.1) is 5.82 Å². The highest BCUT2D eigenvalue weighted by Crippen LogP contribution is 2.20. The van der Waals surface area contributed by atoms with Gasteiger partial charge in [-0.1, -0.05) is 19.1 Å². The molecular weight excluding hydrogens is 265 g/mol. The summed E-state index contributed by atoms with van der Waals surface area (Å²) in [7, 11) is 4.32. The van der Waals surface area contributed by atoms with Crippen molar-refractivity contribution >= 4 is 0 Å². The van der Waals surface area contributed by atoms with E-state index >= 15 is 0 Å². The highest BCUT2D eigenvalue weighted by atomic mass is 19.1. The third-order valence-electron chi connectivity index (χ3n) is 4.43. The average Bonchev–Trinajstić information content (AvgIpc) is 2.93. The predicted molar refractivity (Wildman–Crippen MR) is 86.0 cm³/mol. The van der Waals surface area contributed by atoms with Gasteiger partial charge in [-0.05, 0) is 57.7 Å². The number of nitrogens with one attached hydrogen (secondary N) is 1. The molecule has 21 heavy (non-hydrogen) atoms. The fraction of sp³-hybridized carbons (Fsp3) is 0.647. The van der Waals surface area contributed by atoms with Gasteiger partial charge in [0.2, 0.25) is 0 Å². The van der Waals surface area contributed by atoms with Gasteiger partial charge in [0.15, 0.2) is 0 Å². The first-order chi connectivity index (χ1) is 10.1. The van der Waals surface area contributed by atoms with Crippen molar-refractivity contribution in [1.29, 1.82) is 0 Å². The maximum absolute atomic E-state index is 13.1. The summed E-state index contributed by atoms with van der Waals surface area (Å²) in [4.78, 5) is 4.86. The lowest BCUT2D eigenvalue weighted by Gasteiger charge is -2.23. The molecule has 118 valence electrons. The van der Waals surface area contributed by atoms with Gasteiger partial charge in [-0.15, -0.1) is 0 Å². The quantitative estimate of drug-likeness (QED) is 0.833. The van der Waals surface area contributed by atoms with Crippen LogP contribution in [-0.2, 0) is 0 Å². The van der Waals surface area contributed by atoms with Crippen LogP contribution in [0.25, 0.3) is 0 Å². The molecule has 2 atom stereocenters. The molecule has 3 nitrogen and oxygen atoms in total. The van der Waals surface area contributed by atoms with Gasteiger partial charge >= 0.3 is 0 Å². The van der Waals surface area contributed by atoms with Gasteiger partial charge in [-0.25, -0.2) is 4.39 Å². The number of rotatable bonds is 7. The van der Waals surface area contributed by atoms with Crippen LogP contribution < -0.4 is 5.32 Å². The molecule has 1 aliphatic heterocycles. The third kappa shape index (κ3) is 4.77. The predicted octanol–water partition coefficient (Wildman–Crippen LogP) is 2.50. The van der Waals surface area contributed by atoms with E-state index in [2.05, 4.69) is 36.1 Å². The van der Waals surface area contributed by atoms with E-state index in [9.17, 15) is 4.39 Å². The number of nitrogens with zero attached hydrogens (tertiary/aromatic N) is 2. The lowest BCUT2D eigenvalue weighted by molar-refractivity contribution is 0.260. The molecule has 1 saturated heterocycles. The first kappa shape index (κ1) is 16.4. The second-order valence-electron chi connectivity index (χ2n) is 6.16. The Balaban J connectivity index is 1.87. The van der Waals surface area contributed by atoms with E-state index in [1.165, 1.54) is 18.5 Å². The Labute approximate surface area is 128 Å². The van der Waals surface area contributed by atoms with Crippen molar-refractivity contribution in [2.75, 3.05) is 40.3 Å². The maximum atomic E-state index is 13.1. The number of halogens is 1. The third-order valence-corrected chi connectivity index (χ3v) is 4.43. The van der Waals surface area contributed by atoms with Gasteiger partial charge in [0, 0.05) is 25.2 Å². The summed E-state index contributed by atoms with van der Waals surface area (Å²) in [6.07, 6.45) is 2.33. The molecule has 1 N–H and O–H groups in total. The van der Waals surface area contributed by atoms with E-state index in [-0.39, 0.29) is 5.82 Å². The molecule has 2 unspecified atom stereocenters. The summed E-state index contributed by atoms with van der Waals surface area (Å²) in [5, 5.41) is 3.52. The largest absolute Gasteiger partial charge is 0.310 e. The number of benzene rings is 1. The molecule has 1 fully saturated rings. The van der Waals surface area contributed by atoms with Crippen LogP contribution in [0.1, 0.15) is 31.4 Å². The molecule has 0 spiro atoms. The molecule has 0 bridgehead atoms. The average molecular weight is 293 g/mol. The monoisotopic (exact) mass is 293 g/mol. The number of likely N-dealkylation sites (tertiary alicyclic amines) is 1. The summed E-state index contributed by atoms with van der Waals surface area (Å²) in [5.74, 6) is -0.164. The van der Waals surface area contributed by atoms with E-state index < -0.39 is 0 Å². The van der Waals surface area contributed by atoms with Gasteiger partial charge in [-0.3, -0.25) is 0 Å². The Hall–Kier alpha value is -0.970. The first-order valence-corrected chi connectivity index (χ1v) is 7.97. The molecule has 1 aromatic carbocycles. The molecule has 0 amide bonds. The van der Waals surface area contributed by atoms with E-state index in [4.69, 9.17) is 0 Å². The molecular formula is C17H28FN3. The van der Waals surface area contributed by atoms with Crippen molar-refractivity contribution in [3.63, 3.8) is 0 Å². The highest BCUT2D eigenvalue weighted by molar-refractivity contribution is 5.20. The van der Waals surface area contributed by atoms with Crippen molar-refractivity contribution in [3.05, 3.63) is 35.6 Å². The topological polar surface area (TPSA) is 18.5 Å². The molecule has 0 aromatic heterocycles. The number of likely N-dealkylation sites (N-methyl/N-ethyl adjacent to an activating group) is 1. The normalized spacial score (nSPS) is 21.1. The molecule has 0 saturated carbocycles. The van der Waals surface area contributed by atoms with E-state index in [0.717, 1.165) is 26.1 Å². The SMILES string of the molecule is CCNC(CCN1CCC(N(C)C)C1)c1ccc(F)cc1. The zero-order chi connectivity index (χ0) is 15.2. The Morgan fingerprint density at radius 2 is 2.05 bits per heavy atom. The molecule has 1 aliphatic rings. The van der Waals surface area contributed by atoms with Gasteiger partial charge in [-0.2, -0.15) is 0 Å². The Kier molecular flexibility index (Phi) is 6.15. The van der Waals surface area contributed by atoms with Crippen molar-refractivity contribution < 1.29 is 4.39 Å². The number of hydrogen-bond donors (Lipinski definition) is 1. The lowest BCUT2D eigenvalue weighted by Crippen LogP contribution is -2.33. The van der Waals surface area contributed by atoms with Gasteiger partial charge in [0.25, 0.3) is 0 Å². The molecule has 1 heterocycles. The Bertz CT molecular complexity index is 419. The molecule has 0 radical (unpaired) electrons. The molecule has 1 aromatic rings. The van der Waals surface area contributed by atoms with Gasteiger partial charge in [0.1, 0.15) is 5.82 Å². The van der Waals surface area contributed by atoms with Crippen LogP contribution in [0.2, 0.25) is 0 Å². The van der Waals surface area contributed by atoms with Crippen molar-refractivity contribution in [3.8, 4) is 0 Å². The first-order valence-electron chi connectivity index (χ1n) is 7.97. The summed E-state index contributed by atoms with van der Waals surface area (Å²) < 4.78 is 13.1. The number of hydrogen-bond acceptors (Lipinski definition) is 3. The minimum atomic E-state index is -0.164. The van der Waals surface area contributed by atoms with Crippen LogP contribution in [0.15, 0.2) is 24.3 Å². The van der Waals surface area contributed by atoms with Crippen molar-refractivity contribution in [2.45, 2.75) is 31.8 Å². The maximum Gasteiger partial charge on any atom is 0.123 e. The molecule has 2 rings (SSSR count). The second-order valence-corrected chi connectivity index (χ2v) is 6.16. The van der Waals surface area contributed by atoms with Crippen LogP contribution in [0.4, 0.5) is 4.39 Å². The minimum absolute atomic E-state index is 0.164. The fourth-order valence-corrected chi connectivity index (χ4v) is 3.08. The van der Waals surface area contributed by atoms with Crippen LogP contribution in [0.3, 0.4) is 0 Å². The molecule has 4 heteroatoms. The minimum Gasteiger partial charge on any atom is -0.310 e. The summed E-state index contributed by atoms with van der Waals surface area (Å²) in [6.45, 7) is 6.50. The molecule has 0 aliphatic carbocycles. The van der Waals surface area contributed by atoms with E-state index in [1.807, 2.05) is 12.1 Å². The standard InChI is InChI=1S/C17H28FN3/c1-4-19-17(14-5-7-15(18)8-6-14)10-12-21-11-9-16(13-21)20(2)3/h5-8,16-17,19H,4,9-13H2,1-3H3. The fourth-order valence-electron chi connectivity index (χ4n) is 3.08. The second kappa shape index (κ2) is 7.87.